The van der Waals surface area contributed by atoms with Crippen molar-refractivity contribution in [1.29, 1.82) is 10.5 Å². The summed E-state index contributed by atoms with van der Waals surface area (Å²) < 4.78 is 20.5. The topological polar surface area (TPSA) is 103 Å². The van der Waals surface area contributed by atoms with E-state index in [9.17, 15) is 14.4 Å². The molecule has 3 rings (SSSR count). The molecule has 0 amide bonds. The molecule has 2 aromatic carbocycles. The summed E-state index contributed by atoms with van der Waals surface area (Å²) in [5.41, 5.74) is 0.724. The van der Waals surface area contributed by atoms with Gasteiger partial charge in [0.15, 0.2) is 11.6 Å². The minimum Gasteiger partial charge on any atom is -0.451 e. The Hall–Kier alpha value is -3.68. The number of halogens is 2. The lowest BCUT2D eigenvalue weighted by Crippen LogP contribution is -2.08. The fourth-order valence-corrected chi connectivity index (χ4v) is 2.53. The molecule has 0 atom stereocenters. The second kappa shape index (κ2) is 7.69. The van der Waals surface area contributed by atoms with Gasteiger partial charge in [-0.05, 0) is 35.9 Å². The quantitative estimate of drug-likeness (QED) is 0.743. The molecule has 0 aliphatic carbocycles. The van der Waals surface area contributed by atoms with E-state index in [4.69, 9.17) is 21.6 Å². The molecule has 6 nitrogen and oxygen atoms in total. The average Bonchev–Trinajstić information content (AvgIpc) is 2.68. The Labute approximate surface area is 158 Å². The number of benzene rings is 2. The number of aromatic amines is 1. The van der Waals surface area contributed by atoms with Crippen LogP contribution in [0.5, 0.6) is 11.5 Å². The Morgan fingerprint density at radius 3 is 2.63 bits per heavy atom. The summed E-state index contributed by atoms with van der Waals surface area (Å²) in [7, 11) is 0. The van der Waals surface area contributed by atoms with Crippen LogP contribution in [-0.2, 0) is 6.42 Å². The number of hydrogen-bond donors (Lipinski definition) is 1. The number of H-pyrrole nitrogens is 1. The van der Waals surface area contributed by atoms with Crippen molar-refractivity contribution in [2.24, 2.45) is 0 Å². The van der Waals surface area contributed by atoms with Crippen LogP contribution in [0.2, 0.25) is 5.02 Å². The first kappa shape index (κ1) is 18.1. The SMILES string of the molecule is N#Cc1ccc(C#N)c(Oc2c(Cl)ccc(Cc3ccc(=O)[nH]n3)c2F)c1. The Bertz CT molecular complexity index is 1140. The van der Waals surface area contributed by atoms with Crippen LogP contribution in [0.15, 0.2) is 47.3 Å². The third-order valence-electron chi connectivity index (χ3n) is 3.68. The molecule has 27 heavy (non-hydrogen) atoms. The number of hydrogen-bond acceptors (Lipinski definition) is 5. The Kier molecular flexibility index (Phi) is 5.16. The van der Waals surface area contributed by atoms with Gasteiger partial charge in [-0.2, -0.15) is 15.6 Å². The normalized spacial score (nSPS) is 10.1. The smallest absolute Gasteiger partial charge is 0.264 e. The second-order valence-corrected chi connectivity index (χ2v) is 5.88. The Balaban J connectivity index is 1.99. The Morgan fingerprint density at radius 2 is 1.96 bits per heavy atom. The molecule has 0 aliphatic heterocycles. The number of aromatic nitrogens is 2. The molecule has 1 N–H and O–H groups in total. The molecule has 0 radical (unpaired) electrons. The second-order valence-electron chi connectivity index (χ2n) is 5.48. The van der Waals surface area contributed by atoms with E-state index in [-0.39, 0.29) is 45.2 Å². The van der Waals surface area contributed by atoms with Gasteiger partial charge in [0.05, 0.1) is 27.9 Å². The van der Waals surface area contributed by atoms with Crippen molar-refractivity contribution >= 4 is 11.6 Å². The molecular weight excluding hydrogens is 371 g/mol. The predicted octanol–water partition coefficient (Wildman–Crippen LogP) is 3.69. The van der Waals surface area contributed by atoms with E-state index in [1.165, 1.54) is 42.5 Å². The van der Waals surface area contributed by atoms with Crippen molar-refractivity contribution in [1.82, 2.24) is 10.2 Å². The predicted molar refractivity (Wildman–Crippen MR) is 95.0 cm³/mol. The van der Waals surface area contributed by atoms with E-state index in [1.807, 2.05) is 12.1 Å². The maximum absolute atomic E-state index is 14.9. The lowest BCUT2D eigenvalue weighted by molar-refractivity contribution is 0.438. The summed E-state index contributed by atoms with van der Waals surface area (Å²) in [6, 6.07) is 13.8. The number of rotatable bonds is 4. The van der Waals surface area contributed by atoms with Crippen LogP contribution in [0.1, 0.15) is 22.4 Å². The molecule has 0 spiro atoms. The van der Waals surface area contributed by atoms with Crippen LogP contribution < -0.4 is 10.3 Å². The van der Waals surface area contributed by atoms with Crippen LogP contribution in [0.3, 0.4) is 0 Å². The van der Waals surface area contributed by atoms with Gasteiger partial charge in [-0.3, -0.25) is 4.79 Å². The molecule has 1 aromatic heterocycles. The van der Waals surface area contributed by atoms with Crippen LogP contribution in [-0.4, -0.2) is 10.2 Å². The molecule has 0 fully saturated rings. The highest BCUT2D eigenvalue weighted by Crippen LogP contribution is 2.36. The molecule has 0 aliphatic rings. The van der Waals surface area contributed by atoms with Gasteiger partial charge in [-0.25, -0.2) is 9.49 Å². The molecule has 8 heteroatoms. The first-order valence-electron chi connectivity index (χ1n) is 7.65. The van der Waals surface area contributed by atoms with Gasteiger partial charge in [-0.15, -0.1) is 0 Å². The molecule has 1 heterocycles. The van der Waals surface area contributed by atoms with Crippen molar-refractivity contribution in [2.75, 3.05) is 0 Å². The van der Waals surface area contributed by atoms with Crippen molar-refractivity contribution < 1.29 is 9.13 Å². The van der Waals surface area contributed by atoms with E-state index in [0.29, 0.717) is 5.69 Å². The summed E-state index contributed by atoms with van der Waals surface area (Å²) in [4.78, 5) is 11.1. The maximum Gasteiger partial charge on any atom is 0.264 e. The average molecular weight is 381 g/mol. The number of nitriles is 2. The zero-order valence-corrected chi connectivity index (χ0v) is 14.4. The van der Waals surface area contributed by atoms with E-state index in [2.05, 4.69) is 10.2 Å². The lowest BCUT2D eigenvalue weighted by Gasteiger charge is -2.13. The highest BCUT2D eigenvalue weighted by molar-refractivity contribution is 6.32. The number of nitrogens with one attached hydrogen (secondary N) is 1. The van der Waals surface area contributed by atoms with E-state index in [1.54, 1.807) is 0 Å². The van der Waals surface area contributed by atoms with Crippen LogP contribution >= 0.6 is 11.6 Å². The number of nitrogens with zero attached hydrogens (tertiary/aromatic N) is 3. The van der Waals surface area contributed by atoms with Crippen LogP contribution in [0.25, 0.3) is 0 Å². The van der Waals surface area contributed by atoms with Crippen LogP contribution in [0, 0.1) is 28.5 Å². The van der Waals surface area contributed by atoms with E-state index < -0.39 is 5.82 Å². The highest BCUT2D eigenvalue weighted by atomic mass is 35.5. The first-order valence-corrected chi connectivity index (χ1v) is 8.03. The minimum absolute atomic E-state index is 0.0110. The van der Waals surface area contributed by atoms with Crippen molar-refractivity contribution in [3.05, 3.63) is 86.0 Å². The summed E-state index contributed by atoms with van der Waals surface area (Å²) in [6.07, 6.45) is 0.0967. The zero-order chi connectivity index (χ0) is 19.4. The van der Waals surface area contributed by atoms with E-state index >= 15 is 0 Å². The van der Waals surface area contributed by atoms with Crippen molar-refractivity contribution in [2.45, 2.75) is 6.42 Å². The van der Waals surface area contributed by atoms with E-state index in [0.717, 1.165) is 0 Å². The molecule has 0 saturated carbocycles. The van der Waals surface area contributed by atoms with Crippen molar-refractivity contribution in [3.63, 3.8) is 0 Å². The summed E-state index contributed by atoms with van der Waals surface area (Å²) in [5.74, 6) is -0.955. The zero-order valence-electron chi connectivity index (χ0n) is 13.7. The maximum atomic E-state index is 14.9. The first-order chi connectivity index (χ1) is 13.0. The minimum atomic E-state index is -0.721. The summed E-state index contributed by atoms with van der Waals surface area (Å²) in [6.45, 7) is 0. The highest BCUT2D eigenvalue weighted by Gasteiger charge is 2.17. The molecule has 132 valence electrons. The van der Waals surface area contributed by atoms with Crippen LogP contribution in [0.4, 0.5) is 4.39 Å². The fraction of sp³-hybridized carbons (Fsp3) is 0.0526. The fourth-order valence-electron chi connectivity index (χ4n) is 2.35. The largest absolute Gasteiger partial charge is 0.451 e. The molecule has 3 aromatic rings. The van der Waals surface area contributed by atoms with Gasteiger partial charge in [-0.1, -0.05) is 17.7 Å². The molecule has 0 saturated heterocycles. The standard InChI is InChI=1S/C19H10ClFN4O2/c20-15-5-3-12(8-14-4-6-17(26)25-24-14)18(21)19(15)27-16-7-11(9-22)1-2-13(16)10-23/h1-7H,8H2,(H,25,26). The third kappa shape index (κ3) is 3.95. The van der Waals surface area contributed by atoms with Crippen molar-refractivity contribution in [3.8, 4) is 23.6 Å². The van der Waals surface area contributed by atoms with Gasteiger partial charge in [0.2, 0.25) is 0 Å². The van der Waals surface area contributed by atoms with Gasteiger partial charge < -0.3 is 4.74 Å². The van der Waals surface area contributed by atoms with Gasteiger partial charge in [0, 0.05) is 12.5 Å². The Morgan fingerprint density at radius 1 is 1.15 bits per heavy atom. The number of ether oxygens (including phenoxy) is 1. The monoisotopic (exact) mass is 380 g/mol. The molecular formula is C19H10ClFN4O2. The summed E-state index contributed by atoms with van der Waals surface area (Å²) >= 11 is 6.07. The lowest BCUT2D eigenvalue weighted by atomic mass is 10.1. The van der Waals surface area contributed by atoms with Gasteiger partial charge in [0.25, 0.3) is 5.56 Å². The summed E-state index contributed by atoms with van der Waals surface area (Å²) in [5, 5.41) is 24.3. The molecule has 0 bridgehead atoms. The van der Waals surface area contributed by atoms with Gasteiger partial charge >= 0.3 is 0 Å². The third-order valence-corrected chi connectivity index (χ3v) is 3.98. The molecule has 0 unspecified atom stereocenters. The van der Waals surface area contributed by atoms with Gasteiger partial charge in [0.1, 0.15) is 11.8 Å².